The van der Waals surface area contributed by atoms with Gasteiger partial charge in [0.05, 0.1) is 29.9 Å². The second kappa shape index (κ2) is 13.7. The van der Waals surface area contributed by atoms with Gasteiger partial charge in [0.15, 0.2) is 0 Å². The monoisotopic (exact) mass is 503 g/mol. The van der Waals surface area contributed by atoms with E-state index in [2.05, 4.69) is 20.6 Å². The molecule has 0 atom stereocenters. The molecule has 2 aromatic carbocycles. The minimum atomic E-state index is -0.361. The third kappa shape index (κ3) is 8.14. The summed E-state index contributed by atoms with van der Waals surface area (Å²) in [6.07, 6.45) is 1.73. The Bertz CT molecular complexity index is 1130. The molecule has 8 nitrogen and oxygen atoms in total. The first-order valence-electron chi connectivity index (χ1n) is 10.8. The van der Waals surface area contributed by atoms with Crippen molar-refractivity contribution in [1.82, 2.24) is 9.97 Å². The first-order valence-corrected chi connectivity index (χ1v) is 11.6. The molecule has 4 N–H and O–H groups in total. The summed E-state index contributed by atoms with van der Waals surface area (Å²) in [4.78, 5) is 19.5. The molecule has 10 heteroatoms. The first kappa shape index (κ1) is 25.7. The molecule has 0 radical (unpaired) electrons. The third-order valence-electron chi connectivity index (χ3n) is 4.78. The molecule has 0 fully saturated rings. The fourth-order valence-corrected chi connectivity index (χ4v) is 3.38. The molecule has 0 amide bonds. The Hall–Kier alpha value is -2.91. The Kier molecular flexibility index (Phi) is 10.4. The van der Waals surface area contributed by atoms with E-state index in [1.54, 1.807) is 12.1 Å². The lowest BCUT2D eigenvalue weighted by molar-refractivity contribution is 0.0405. The van der Waals surface area contributed by atoms with Gasteiger partial charge in [0.1, 0.15) is 11.4 Å². The van der Waals surface area contributed by atoms with Gasteiger partial charge in [0, 0.05) is 25.9 Å². The van der Waals surface area contributed by atoms with Crippen molar-refractivity contribution in [3.05, 3.63) is 85.8 Å². The summed E-state index contributed by atoms with van der Waals surface area (Å²) in [5.41, 5.74) is 2.14. The van der Waals surface area contributed by atoms with E-state index in [1.165, 1.54) is 0 Å². The molecule has 0 unspecified atom stereocenters. The Labute approximate surface area is 208 Å². The Morgan fingerprint density at radius 3 is 2.53 bits per heavy atom. The van der Waals surface area contributed by atoms with Gasteiger partial charge in [-0.05, 0) is 29.7 Å². The van der Waals surface area contributed by atoms with Gasteiger partial charge in [0.2, 0.25) is 5.95 Å². The molecule has 34 heavy (non-hydrogen) atoms. The van der Waals surface area contributed by atoms with E-state index in [0.29, 0.717) is 56.0 Å². The van der Waals surface area contributed by atoms with E-state index in [9.17, 15) is 4.79 Å². The largest absolute Gasteiger partial charge is 0.379 e. The second-order valence-electron chi connectivity index (χ2n) is 7.35. The van der Waals surface area contributed by atoms with Crippen molar-refractivity contribution in [2.75, 3.05) is 37.0 Å². The summed E-state index contributed by atoms with van der Waals surface area (Å²) in [7, 11) is 0. The number of rotatable bonds is 14. The Morgan fingerprint density at radius 2 is 1.76 bits per heavy atom. The third-order valence-corrected chi connectivity index (χ3v) is 5.52. The number of hydrogen-bond acceptors (Lipinski definition) is 7. The van der Waals surface area contributed by atoms with Crippen LogP contribution >= 0.6 is 23.2 Å². The minimum Gasteiger partial charge on any atom is -0.379 e. The highest BCUT2D eigenvalue weighted by Crippen LogP contribution is 2.22. The zero-order valence-corrected chi connectivity index (χ0v) is 20.1. The van der Waals surface area contributed by atoms with Crippen LogP contribution in [0.15, 0.2) is 53.3 Å². The molecule has 0 aliphatic carbocycles. The highest BCUT2D eigenvalue weighted by Gasteiger charge is 2.10. The SMILES string of the molecule is N=Cc1nc(NCc2ccc(Cl)c(Cl)c2)[nH]c(=O)c1NCCCOCCOCc1ccccc1. The summed E-state index contributed by atoms with van der Waals surface area (Å²) >= 11 is 12.0. The van der Waals surface area contributed by atoms with Crippen molar-refractivity contribution in [2.45, 2.75) is 19.6 Å². The van der Waals surface area contributed by atoms with Crippen LogP contribution < -0.4 is 16.2 Å². The highest BCUT2D eigenvalue weighted by molar-refractivity contribution is 6.42. The van der Waals surface area contributed by atoms with Crippen molar-refractivity contribution >= 4 is 41.1 Å². The van der Waals surface area contributed by atoms with E-state index in [1.807, 2.05) is 36.4 Å². The maximum absolute atomic E-state index is 12.5. The predicted molar refractivity (Wildman–Crippen MR) is 137 cm³/mol. The summed E-state index contributed by atoms with van der Waals surface area (Å²) in [5.74, 6) is 0.263. The van der Waals surface area contributed by atoms with Gasteiger partial charge in [-0.15, -0.1) is 0 Å². The second-order valence-corrected chi connectivity index (χ2v) is 8.17. The maximum atomic E-state index is 12.5. The molecule has 0 aliphatic rings. The summed E-state index contributed by atoms with van der Waals surface area (Å²) < 4.78 is 11.1. The number of ether oxygens (including phenoxy) is 2. The van der Waals surface area contributed by atoms with Gasteiger partial charge in [-0.25, -0.2) is 4.98 Å². The summed E-state index contributed by atoms with van der Waals surface area (Å²) in [6.45, 7) is 2.99. The quantitative estimate of drug-likeness (QED) is 0.187. The molecule has 0 aliphatic heterocycles. The fraction of sp³-hybridized carbons (Fsp3) is 0.292. The van der Waals surface area contributed by atoms with E-state index in [4.69, 9.17) is 38.1 Å². The van der Waals surface area contributed by atoms with Gasteiger partial charge in [-0.3, -0.25) is 9.78 Å². The van der Waals surface area contributed by atoms with Crippen molar-refractivity contribution in [3.63, 3.8) is 0 Å². The van der Waals surface area contributed by atoms with Gasteiger partial charge < -0.3 is 25.5 Å². The number of H-pyrrole nitrogens is 1. The normalized spacial score (nSPS) is 10.8. The number of halogens is 2. The van der Waals surface area contributed by atoms with Crippen LogP contribution in [0.3, 0.4) is 0 Å². The van der Waals surface area contributed by atoms with Crippen LogP contribution in [-0.2, 0) is 22.6 Å². The predicted octanol–water partition coefficient (Wildman–Crippen LogP) is 4.72. The molecule has 3 rings (SSSR count). The minimum absolute atomic E-state index is 0.246. The topological polar surface area (TPSA) is 112 Å². The van der Waals surface area contributed by atoms with Crippen LogP contribution in [0.5, 0.6) is 0 Å². The molecule has 1 heterocycles. The molecular weight excluding hydrogens is 477 g/mol. The molecular formula is C24H27Cl2N5O3. The van der Waals surface area contributed by atoms with Crippen LogP contribution in [0.4, 0.5) is 11.6 Å². The Balaban J connectivity index is 1.38. The highest BCUT2D eigenvalue weighted by atomic mass is 35.5. The fourth-order valence-electron chi connectivity index (χ4n) is 3.06. The van der Waals surface area contributed by atoms with Gasteiger partial charge in [-0.2, -0.15) is 0 Å². The lowest BCUT2D eigenvalue weighted by Crippen LogP contribution is -2.21. The average Bonchev–Trinajstić information content (AvgIpc) is 2.85. The standard InChI is InChI=1S/C24H27Cl2N5O3/c25-19-8-7-18(13-20(19)26)15-29-24-30-21(14-27)22(23(32)31-24)28-9-4-10-33-11-12-34-16-17-5-2-1-3-6-17/h1-3,5-8,13-14,27-28H,4,9-12,15-16H2,(H2,29,30,31,32). The van der Waals surface area contributed by atoms with E-state index < -0.39 is 0 Å². The molecule has 0 saturated heterocycles. The van der Waals surface area contributed by atoms with Crippen LogP contribution in [0.1, 0.15) is 23.2 Å². The number of aromatic nitrogens is 2. The molecule has 0 saturated carbocycles. The molecule has 0 spiro atoms. The first-order chi connectivity index (χ1) is 16.6. The lowest BCUT2D eigenvalue weighted by atomic mass is 10.2. The van der Waals surface area contributed by atoms with Crippen LogP contribution in [-0.4, -0.2) is 42.5 Å². The van der Waals surface area contributed by atoms with Crippen molar-refractivity contribution < 1.29 is 9.47 Å². The molecule has 180 valence electrons. The average molecular weight is 504 g/mol. The number of nitrogens with zero attached hydrogens (tertiary/aromatic N) is 1. The number of aromatic amines is 1. The van der Waals surface area contributed by atoms with Crippen molar-refractivity contribution in [1.29, 1.82) is 5.41 Å². The maximum Gasteiger partial charge on any atom is 0.276 e. The number of benzene rings is 2. The van der Waals surface area contributed by atoms with E-state index >= 15 is 0 Å². The van der Waals surface area contributed by atoms with Crippen LogP contribution in [0.2, 0.25) is 10.0 Å². The van der Waals surface area contributed by atoms with Crippen LogP contribution in [0, 0.1) is 5.41 Å². The lowest BCUT2D eigenvalue weighted by Gasteiger charge is -2.11. The molecule has 0 bridgehead atoms. The van der Waals surface area contributed by atoms with Crippen molar-refractivity contribution in [2.24, 2.45) is 0 Å². The summed E-state index contributed by atoms with van der Waals surface area (Å²) in [5, 5.41) is 14.6. The molecule has 3 aromatic rings. The van der Waals surface area contributed by atoms with Crippen LogP contribution in [0.25, 0.3) is 0 Å². The van der Waals surface area contributed by atoms with Gasteiger partial charge in [0.25, 0.3) is 5.56 Å². The zero-order valence-electron chi connectivity index (χ0n) is 18.6. The number of nitrogens with one attached hydrogen (secondary N) is 4. The van der Waals surface area contributed by atoms with Crippen molar-refractivity contribution in [3.8, 4) is 0 Å². The Morgan fingerprint density at radius 1 is 0.971 bits per heavy atom. The van der Waals surface area contributed by atoms with Gasteiger partial charge in [-0.1, -0.05) is 59.6 Å². The number of hydrogen-bond donors (Lipinski definition) is 4. The summed E-state index contributed by atoms with van der Waals surface area (Å²) in [6, 6.07) is 15.2. The molecule has 1 aromatic heterocycles. The smallest absolute Gasteiger partial charge is 0.276 e. The van der Waals surface area contributed by atoms with E-state index in [-0.39, 0.29) is 22.9 Å². The zero-order chi connectivity index (χ0) is 24.2. The number of anilines is 2. The van der Waals surface area contributed by atoms with Gasteiger partial charge >= 0.3 is 0 Å². The van der Waals surface area contributed by atoms with E-state index in [0.717, 1.165) is 17.3 Å².